The maximum atomic E-state index is 11.6. The number of hydrogen-bond donors (Lipinski definition) is 2. The van der Waals surface area contributed by atoms with E-state index in [2.05, 4.69) is 18.3 Å². The molecule has 18 heavy (non-hydrogen) atoms. The fraction of sp³-hybridized carbons (Fsp3) is 0.462. The molecule has 3 N–H and O–H groups in total. The van der Waals surface area contributed by atoms with Crippen LogP contribution in [0.4, 0.5) is 0 Å². The van der Waals surface area contributed by atoms with Crippen LogP contribution < -0.4 is 11.1 Å². The third-order valence-corrected chi connectivity index (χ3v) is 3.40. The van der Waals surface area contributed by atoms with Crippen LogP contribution in [-0.2, 0) is 16.1 Å². The molecule has 1 aromatic carbocycles. The third-order valence-electron chi connectivity index (χ3n) is 2.58. The molecule has 4 nitrogen and oxygen atoms in total. The Balaban J connectivity index is 2.60. The summed E-state index contributed by atoms with van der Waals surface area (Å²) in [6.45, 7) is 2.78. The fourth-order valence-corrected chi connectivity index (χ4v) is 2.27. The van der Waals surface area contributed by atoms with Crippen LogP contribution in [0.25, 0.3) is 0 Å². The number of rotatable bonds is 6. The molecule has 1 atom stereocenters. The predicted octanol–water partition coefficient (Wildman–Crippen LogP) is 1.31. The Labute approximate surface area is 112 Å². The minimum absolute atomic E-state index is 0.190. The van der Waals surface area contributed by atoms with E-state index in [1.54, 1.807) is 11.8 Å². The van der Waals surface area contributed by atoms with E-state index in [0.29, 0.717) is 6.54 Å². The molecule has 1 amide bonds. The van der Waals surface area contributed by atoms with Crippen molar-refractivity contribution in [1.29, 1.82) is 0 Å². The monoisotopic (exact) mass is 268 g/mol. The minimum Gasteiger partial charge on any atom is -0.383 e. The van der Waals surface area contributed by atoms with Crippen LogP contribution in [0.5, 0.6) is 0 Å². The molecule has 0 saturated heterocycles. The number of methoxy groups -OCH3 is 1. The highest BCUT2D eigenvalue weighted by Gasteiger charge is 2.13. The van der Waals surface area contributed by atoms with Crippen molar-refractivity contribution in [3.05, 3.63) is 29.3 Å². The number of amides is 1. The summed E-state index contributed by atoms with van der Waals surface area (Å²) in [6.07, 6.45) is 2.02. The molecule has 0 radical (unpaired) electrons. The normalized spacial score (nSPS) is 12.2. The van der Waals surface area contributed by atoms with Gasteiger partial charge in [-0.1, -0.05) is 12.1 Å². The van der Waals surface area contributed by atoms with Gasteiger partial charge in [0.05, 0.1) is 6.61 Å². The fourth-order valence-electron chi connectivity index (χ4n) is 1.57. The molecule has 0 saturated carbocycles. The SMILES string of the molecule is COCC(N)C(=O)NCc1ccc(C)cc1SC. The van der Waals surface area contributed by atoms with E-state index in [0.717, 1.165) is 5.56 Å². The van der Waals surface area contributed by atoms with Crippen molar-refractivity contribution in [2.75, 3.05) is 20.0 Å². The highest BCUT2D eigenvalue weighted by molar-refractivity contribution is 7.98. The molecule has 0 aliphatic rings. The first-order chi connectivity index (χ1) is 8.58. The van der Waals surface area contributed by atoms with Crippen molar-refractivity contribution >= 4 is 17.7 Å². The second-order valence-electron chi connectivity index (χ2n) is 4.09. The number of nitrogens with one attached hydrogen (secondary N) is 1. The summed E-state index contributed by atoms with van der Waals surface area (Å²) < 4.78 is 4.85. The zero-order valence-corrected chi connectivity index (χ0v) is 11.8. The molecule has 0 aliphatic heterocycles. The first-order valence-corrected chi connectivity index (χ1v) is 6.96. The van der Waals surface area contributed by atoms with Crippen molar-refractivity contribution in [3.8, 4) is 0 Å². The summed E-state index contributed by atoms with van der Waals surface area (Å²) in [5, 5.41) is 2.82. The molecule has 0 aromatic heterocycles. The number of thioether (sulfide) groups is 1. The number of ether oxygens (including phenoxy) is 1. The quantitative estimate of drug-likeness (QED) is 0.764. The standard InChI is InChI=1S/C13H20N2O2S/c1-9-4-5-10(12(6-9)18-3)7-15-13(16)11(14)8-17-2/h4-6,11H,7-8,14H2,1-3H3,(H,15,16). The van der Waals surface area contributed by atoms with Gasteiger partial charge in [0.25, 0.3) is 0 Å². The maximum Gasteiger partial charge on any atom is 0.239 e. The van der Waals surface area contributed by atoms with E-state index in [9.17, 15) is 4.79 Å². The van der Waals surface area contributed by atoms with Gasteiger partial charge in [-0.25, -0.2) is 0 Å². The van der Waals surface area contributed by atoms with Crippen LogP contribution in [0.3, 0.4) is 0 Å². The summed E-state index contributed by atoms with van der Waals surface area (Å²) in [5.74, 6) is -0.190. The smallest absolute Gasteiger partial charge is 0.239 e. The van der Waals surface area contributed by atoms with Gasteiger partial charge in [-0.3, -0.25) is 4.79 Å². The van der Waals surface area contributed by atoms with Gasteiger partial charge < -0.3 is 15.8 Å². The summed E-state index contributed by atoms with van der Waals surface area (Å²) in [4.78, 5) is 12.8. The van der Waals surface area contributed by atoms with Gasteiger partial charge in [-0.15, -0.1) is 11.8 Å². The number of carbonyl (C=O) groups excluding carboxylic acids is 1. The third kappa shape index (κ3) is 4.33. The van der Waals surface area contributed by atoms with Crippen LogP contribution >= 0.6 is 11.8 Å². The number of carbonyl (C=O) groups is 1. The van der Waals surface area contributed by atoms with Crippen LogP contribution in [0, 0.1) is 6.92 Å². The molecule has 1 unspecified atom stereocenters. The summed E-state index contributed by atoms with van der Waals surface area (Å²) in [5.41, 5.74) is 7.96. The molecule has 1 rings (SSSR count). The maximum absolute atomic E-state index is 11.6. The van der Waals surface area contributed by atoms with Crippen LogP contribution in [0.15, 0.2) is 23.1 Å². The van der Waals surface area contributed by atoms with E-state index in [1.165, 1.54) is 17.6 Å². The van der Waals surface area contributed by atoms with E-state index < -0.39 is 6.04 Å². The highest BCUT2D eigenvalue weighted by Crippen LogP contribution is 2.21. The number of aryl methyl sites for hydroxylation is 1. The van der Waals surface area contributed by atoms with Gasteiger partial charge in [-0.05, 0) is 30.4 Å². The molecule has 5 heteroatoms. The van der Waals surface area contributed by atoms with Gasteiger partial charge in [-0.2, -0.15) is 0 Å². The van der Waals surface area contributed by atoms with Gasteiger partial charge in [0, 0.05) is 18.6 Å². The molecule has 0 aliphatic carbocycles. The number of hydrogen-bond acceptors (Lipinski definition) is 4. The van der Waals surface area contributed by atoms with Crippen molar-refractivity contribution in [1.82, 2.24) is 5.32 Å². The first kappa shape index (κ1) is 15.0. The molecule has 100 valence electrons. The van der Waals surface area contributed by atoms with E-state index in [1.807, 2.05) is 18.4 Å². The Morgan fingerprint density at radius 1 is 1.56 bits per heavy atom. The van der Waals surface area contributed by atoms with Gasteiger partial charge in [0.1, 0.15) is 6.04 Å². The van der Waals surface area contributed by atoms with Crippen molar-refractivity contribution in [3.63, 3.8) is 0 Å². The van der Waals surface area contributed by atoms with Gasteiger partial charge in [0.2, 0.25) is 5.91 Å². The number of benzene rings is 1. The predicted molar refractivity (Wildman–Crippen MR) is 74.7 cm³/mol. The lowest BCUT2D eigenvalue weighted by Crippen LogP contribution is -2.43. The zero-order chi connectivity index (χ0) is 13.5. The van der Waals surface area contributed by atoms with E-state index in [4.69, 9.17) is 10.5 Å². The van der Waals surface area contributed by atoms with Crippen LogP contribution in [0.2, 0.25) is 0 Å². The molecule has 0 heterocycles. The van der Waals surface area contributed by atoms with Crippen LogP contribution in [-0.4, -0.2) is 31.9 Å². The van der Waals surface area contributed by atoms with Gasteiger partial charge in [0.15, 0.2) is 0 Å². The highest BCUT2D eigenvalue weighted by atomic mass is 32.2. The first-order valence-electron chi connectivity index (χ1n) is 5.74. The Hall–Kier alpha value is -1.04. The Morgan fingerprint density at radius 3 is 2.89 bits per heavy atom. The second-order valence-corrected chi connectivity index (χ2v) is 4.94. The summed E-state index contributed by atoms with van der Waals surface area (Å²) in [6, 6.07) is 5.57. The van der Waals surface area contributed by atoms with E-state index >= 15 is 0 Å². The molecule has 0 bridgehead atoms. The largest absolute Gasteiger partial charge is 0.383 e. The lowest BCUT2D eigenvalue weighted by atomic mass is 10.1. The second kappa shape index (κ2) is 7.41. The Kier molecular flexibility index (Phi) is 6.18. The minimum atomic E-state index is -0.613. The topological polar surface area (TPSA) is 64.3 Å². The Morgan fingerprint density at radius 2 is 2.28 bits per heavy atom. The molecule has 0 fully saturated rings. The zero-order valence-electron chi connectivity index (χ0n) is 11.0. The summed E-state index contributed by atoms with van der Waals surface area (Å²) in [7, 11) is 1.53. The number of nitrogens with two attached hydrogens (primary N) is 1. The lowest BCUT2D eigenvalue weighted by molar-refractivity contribution is -0.123. The molecule has 1 aromatic rings. The summed E-state index contributed by atoms with van der Waals surface area (Å²) >= 11 is 1.67. The average molecular weight is 268 g/mol. The van der Waals surface area contributed by atoms with Crippen LogP contribution in [0.1, 0.15) is 11.1 Å². The van der Waals surface area contributed by atoms with Gasteiger partial charge >= 0.3 is 0 Å². The molecular weight excluding hydrogens is 248 g/mol. The molecule has 0 spiro atoms. The van der Waals surface area contributed by atoms with Crippen molar-refractivity contribution in [2.45, 2.75) is 24.4 Å². The lowest BCUT2D eigenvalue weighted by Gasteiger charge is -2.13. The van der Waals surface area contributed by atoms with Crippen molar-refractivity contribution in [2.24, 2.45) is 5.73 Å². The molecular formula is C13H20N2O2S. The van der Waals surface area contributed by atoms with Crippen molar-refractivity contribution < 1.29 is 9.53 Å². The Bertz CT molecular complexity index is 410. The average Bonchev–Trinajstić information content (AvgIpc) is 2.37. The van der Waals surface area contributed by atoms with E-state index in [-0.39, 0.29) is 12.5 Å².